The van der Waals surface area contributed by atoms with Crippen molar-refractivity contribution in [2.24, 2.45) is 5.41 Å². The zero-order valence-electron chi connectivity index (χ0n) is 32.4. The Morgan fingerprint density at radius 2 is 1.26 bits per heavy atom. The minimum absolute atomic E-state index is 0. The Bertz CT molecular complexity index is 2960. The Labute approximate surface area is 353 Å². The van der Waals surface area contributed by atoms with E-state index in [4.69, 9.17) is 10.1 Å². The van der Waals surface area contributed by atoms with Crippen molar-refractivity contribution in [3.8, 4) is 45.1 Å². The minimum atomic E-state index is 0. The summed E-state index contributed by atoms with van der Waals surface area (Å²) < 4.78 is 13.1. The van der Waals surface area contributed by atoms with Gasteiger partial charge in [-0.1, -0.05) is 172 Å². The maximum atomic E-state index is 6.60. The van der Waals surface area contributed by atoms with Crippen molar-refractivity contribution in [1.82, 2.24) is 9.13 Å². The second kappa shape index (κ2) is 15.2. The molecule has 1 aliphatic rings. The van der Waals surface area contributed by atoms with Crippen molar-refractivity contribution in [1.29, 1.82) is 0 Å². The van der Waals surface area contributed by atoms with Gasteiger partial charge in [0, 0.05) is 11.5 Å². The zero-order chi connectivity index (χ0) is 38.5. The third-order valence-electron chi connectivity index (χ3n) is 10.7. The second-order valence-corrected chi connectivity index (χ2v) is 15.4. The largest absolute Gasteiger partial charge is 4.00 e. The molecule has 282 valence electrons. The standard InChI is InChI=1S/C52H39N4O.Pt/c1-52(2,3)38-30-31-53-50(32-38)56-46-25-11-10-22-44(46)45-29-28-41(34-49(45)56)57-40-21-14-20-39(33-40)54-35-55(48-27-13-12-26-47(48)54)51-42(36-16-6-4-7-17-36)23-15-24-43(51)37-18-8-5-9-19-37;/h4-30,32H,31H2,1-3H3;/q-3;+4. The molecule has 5 nitrogen and oxygen atoms in total. The van der Waals surface area contributed by atoms with Gasteiger partial charge in [-0.05, 0) is 51.0 Å². The molecule has 58 heavy (non-hydrogen) atoms. The number of fused-ring (bicyclic) bond motifs is 4. The third kappa shape index (κ3) is 6.66. The van der Waals surface area contributed by atoms with Crippen LogP contribution in [0.2, 0.25) is 0 Å². The third-order valence-corrected chi connectivity index (χ3v) is 10.7. The van der Waals surface area contributed by atoms with E-state index in [1.807, 2.05) is 24.3 Å². The van der Waals surface area contributed by atoms with Crippen molar-refractivity contribution < 1.29 is 30.4 Å². The van der Waals surface area contributed by atoms with Crippen LogP contribution in [0, 0.1) is 23.9 Å². The average molecular weight is 931 g/mol. The molecule has 0 radical (unpaired) electrons. The minimum Gasteiger partial charge on any atom is -0.510 e. The van der Waals surface area contributed by atoms with E-state index in [9.17, 15) is 0 Å². The Balaban J connectivity index is 0.00000436. The summed E-state index contributed by atoms with van der Waals surface area (Å²) in [5.41, 5.74) is 11.7. The number of rotatable bonds is 7. The van der Waals surface area contributed by atoms with Crippen LogP contribution in [0.3, 0.4) is 0 Å². The summed E-state index contributed by atoms with van der Waals surface area (Å²) in [5, 5.41) is 7.21. The van der Waals surface area contributed by atoms with Crippen LogP contribution < -0.4 is 9.30 Å². The van der Waals surface area contributed by atoms with Gasteiger partial charge in [0.25, 0.3) is 6.33 Å². The topological polar surface area (TPSA) is 37.1 Å². The molecule has 0 N–H and O–H groups in total. The number of allylic oxidation sites excluding steroid dienone is 2. The molecule has 0 saturated carbocycles. The molecule has 1 aliphatic heterocycles. The molecule has 0 bridgehead atoms. The van der Waals surface area contributed by atoms with Crippen LogP contribution in [0.15, 0.2) is 175 Å². The first-order chi connectivity index (χ1) is 27.9. The number of hydrogen-bond donors (Lipinski definition) is 0. The van der Waals surface area contributed by atoms with Crippen LogP contribution in [0.1, 0.15) is 20.8 Å². The predicted octanol–water partition coefficient (Wildman–Crippen LogP) is 12.7. The summed E-state index contributed by atoms with van der Waals surface area (Å²) in [7, 11) is 0. The summed E-state index contributed by atoms with van der Waals surface area (Å²) in [6, 6.07) is 61.8. The average Bonchev–Trinajstić information content (AvgIpc) is 3.80. The zero-order valence-corrected chi connectivity index (χ0v) is 34.7. The molecular weight excluding hydrogens is 892 g/mol. The van der Waals surface area contributed by atoms with E-state index in [-0.39, 0.29) is 26.5 Å². The van der Waals surface area contributed by atoms with Gasteiger partial charge in [-0.2, -0.15) is 18.2 Å². The SMILES string of the molecule is CC(C)(C)C1=CC[N-]C(n2c3[c-]c(Oc4[c-]c(-[n+]5[c-]n(-c6c(-c7ccccc7)cccc6-c6ccccc6)c6ccccc65)ccc4)ccc3c3ccccc32)=C1.[Pt+4]. The van der Waals surface area contributed by atoms with Crippen molar-refractivity contribution in [3.05, 3.63) is 199 Å². The van der Waals surface area contributed by atoms with E-state index in [0.29, 0.717) is 18.0 Å². The molecule has 0 saturated heterocycles. The van der Waals surface area contributed by atoms with E-state index in [2.05, 4.69) is 199 Å². The number of imidazole rings is 1. The van der Waals surface area contributed by atoms with Gasteiger partial charge in [0.2, 0.25) is 0 Å². The van der Waals surface area contributed by atoms with Crippen LogP contribution in [0.4, 0.5) is 0 Å². The van der Waals surface area contributed by atoms with Crippen molar-refractivity contribution >= 4 is 38.7 Å². The second-order valence-electron chi connectivity index (χ2n) is 15.4. The molecule has 0 fully saturated rings. The molecule has 0 aliphatic carbocycles. The van der Waals surface area contributed by atoms with E-state index in [1.54, 1.807) is 0 Å². The van der Waals surface area contributed by atoms with Gasteiger partial charge in [0.15, 0.2) is 0 Å². The molecular formula is C52H39N4OPt+. The summed E-state index contributed by atoms with van der Waals surface area (Å²) in [5.74, 6) is 2.09. The molecule has 0 atom stereocenters. The van der Waals surface area contributed by atoms with Gasteiger partial charge in [-0.3, -0.25) is 4.57 Å². The molecule has 6 heteroatoms. The molecule has 0 unspecified atom stereocenters. The van der Waals surface area contributed by atoms with Gasteiger partial charge in [0.05, 0.1) is 16.7 Å². The maximum absolute atomic E-state index is 6.60. The Hall–Kier alpha value is -6.42. The predicted molar refractivity (Wildman–Crippen MR) is 232 cm³/mol. The summed E-state index contributed by atoms with van der Waals surface area (Å²) in [6.45, 7) is 7.37. The van der Waals surface area contributed by atoms with Gasteiger partial charge < -0.3 is 19.2 Å². The van der Waals surface area contributed by atoms with Crippen molar-refractivity contribution in [2.45, 2.75) is 20.8 Å². The van der Waals surface area contributed by atoms with Crippen LogP contribution in [0.5, 0.6) is 11.5 Å². The van der Waals surface area contributed by atoms with Crippen molar-refractivity contribution in [3.63, 3.8) is 0 Å². The fraction of sp³-hybridized carbons (Fsp3) is 0.0962. The van der Waals surface area contributed by atoms with E-state index >= 15 is 0 Å². The number of benzene rings is 7. The molecule has 0 amide bonds. The van der Waals surface area contributed by atoms with Crippen molar-refractivity contribution in [2.75, 3.05) is 6.54 Å². The van der Waals surface area contributed by atoms with Crippen LogP contribution in [-0.4, -0.2) is 15.7 Å². The normalized spacial score (nSPS) is 12.9. The van der Waals surface area contributed by atoms with Gasteiger partial charge >= 0.3 is 21.1 Å². The summed E-state index contributed by atoms with van der Waals surface area (Å²) >= 11 is 0. The van der Waals surface area contributed by atoms with Gasteiger partial charge in [0.1, 0.15) is 0 Å². The van der Waals surface area contributed by atoms with E-state index in [0.717, 1.165) is 72.3 Å². The summed E-state index contributed by atoms with van der Waals surface area (Å²) in [6.07, 6.45) is 8.17. The first kappa shape index (κ1) is 37.2. The number of nitrogens with zero attached hydrogens (tertiary/aromatic N) is 4. The number of aromatic nitrogens is 3. The molecule has 7 aromatic carbocycles. The monoisotopic (exact) mass is 930 g/mol. The maximum Gasteiger partial charge on any atom is 4.00 e. The quantitative estimate of drug-likeness (QED) is 0.116. The smallest absolute Gasteiger partial charge is 0.510 e. The van der Waals surface area contributed by atoms with Crippen LogP contribution >= 0.6 is 0 Å². The number of ether oxygens (including phenoxy) is 1. The molecule has 3 heterocycles. The van der Waals surface area contributed by atoms with Gasteiger partial charge in [-0.25, -0.2) is 0 Å². The first-order valence-corrected chi connectivity index (χ1v) is 19.4. The number of para-hydroxylation sites is 4. The Kier molecular flexibility index (Phi) is 9.71. The fourth-order valence-corrected chi connectivity index (χ4v) is 7.95. The Morgan fingerprint density at radius 3 is 1.98 bits per heavy atom. The molecule has 2 aromatic heterocycles. The first-order valence-electron chi connectivity index (χ1n) is 19.4. The van der Waals surface area contributed by atoms with Gasteiger partial charge in [-0.15, -0.1) is 35.2 Å². The fourth-order valence-electron chi connectivity index (χ4n) is 7.95. The molecule has 10 rings (SSSR count). The van der Waals surface area contributed by atoms with E-state index < -0.39 is 0 Å². The molecule has 0 spiro atoms. The van der Waals surface area contributed by atoms with Crippen LogP contribution in [0.25, 0.3) is 77.6 Å². The number of hydrogen-bond acceptors (Lipinski definition) is 1. The van der Waals surface area contributed by atoms with Crippen LogP contribution in [-0.2, 0) is 21.1 Å². The molecule has 9 aromatic rings. The summed E-state index contributed by atoms with van der Waals surface area (Å²) in [4.78, 5) is 0. The van der Waals surface area contributed by atoms with E-state index in [1.165, 1.54) is 5.57 Å². The Morgan fingerprint density at radius 1 is 0.621 bits per heavy atom.